The van der Waals surface area contributed by atoms with E-state index in [1.807, 2.05) is 32.6 Å². The first kappa shape index (κ1) is 27.8. The molecular formula is C24H33ClFN7O5S. The van der Waals surface area contributed by atoms with Crippen molar-refractivity contribution in [1.82, 2.24) is 24.8 Å². The largest absolute Gasteiger partial charge is 0.472 e. The molecule has 4 atom stereocenters. The van der Waals surface area contributed by atoms with Crippen LogP contribution in [0.5, 0.6) is 5.88 Å². The van der Waals surface area contributed by atoms with Crippen LogP contribution in [-0.4, -0.2) is 102 Å². The molecule has 214 valence electrons. The first-order chi connectivity index (χ1) is 18.1. The molecule has 15 heteroatoms. The zero-order chi connectivity index (χ0) is 28.4. The van der Waals surface area contributed by atoms with Crippen molar-refractivity contribution in [3.8, 4) is 5.88 Å². The van der Waals surface area contributed by atoms with E-state index in [4.69, 9.17) is 21.1 Å². The fraction of sp³-hybridized carbons (Fsp3) is 0.667. The first-order valence-electron chi connectivity index (χ1n) is 12.8. The number of hydrogen-bond donors (Lipinski definition) is 1. The number of nitrogens with one attached hydrogen (secondary N) is 1. The number of amides is 1. The number of carbonyl (C=O) groups excluding carboxylic acids is 1. The summed E-state index contributed by atoms with van der Waals surface area (Å²) >= 11 is 6.11. The summed E-state index contributed by atoms with van der Waals surface area (Å²) in [5, 5.41) is -0.250. The third kappa shape index (κ3) is 5.25. The quantitative estimate of drug-likeness (QED) is 0.523. The molecule has 2 bridgehead atoms. The van der Waals surface area contributed by atoms with E-state index < -0.39 is 44.8 Å². The number of pyridine rings is 1. The molecule has 3 aliphatic heterocycles. The Morgan fingerprint density at radius 3 is 2.64 bits per heavy atom. The predicted molar refractivity (Wildman–Crippen MR) is 144 cm³/mol. The van der Waals surface area contributed by atoms with Gasteiger partial charge in [0.2, 0.25) is 21.9 Å². The second-order valence-electron chi connectivity index (χ2n) is 11.5. The maximum Gasteiger partial charge on any atom is 0.410 e. The molecule has 3 aliphatic rings. The molecule has 1 amide bonds. The van der Waals surface area contributed by atoms with Crippen LogP contribution < -0.4 is 14.4 Å². The van der Waals surface area contributed by atoms with Crippen LogP contribution in [0.1, 0.15) is 40.5 Å². The number of rotatable bonds is 5. The lowest BCUT2D eigenvalue weighted by atomic mass is 9.98. The lowest BCUT2D eigenvalue weighted by Crippen LogP contribution is -2.65. The van der Waals surface area contributed by atoms with Crippen molar-refractivity contribution in [2.75, 3.05) is 42.6 Å². The van der Waals surface area contributed by atoms with Crippen LogP contribution >= 0.6 is 11.6 Å². The number of piperazine rings is 1. The number of nitrogens with zero attached hydrogens (tertiary/aromatic N) is 6. The van der Waals surface area contributed by atoms with Gasteiger partial charge >= 0.3 is 6.09 Å². The van der Waals surface area contributed by atoms with E-state index in [9.17, 15) is 13.2 Å². The van der Waals surface area contributed by atoms with Crippen molar-refractivity contribution in [1.29, 1.82) is 0 Å². The van der Waals surface area contributed by atoms with Gasteiger partial charge in [0, 0.05) is 13.1 Å². The summed E-state index contributed by atoms with van der Waals surface area (Å²) in [6.07, 6.45) is 0.529. The number of sulfonamides is 1. The highest BCUT2D eigenvalue weighted by Gasteiger charge is 2.53. The van der Waals surface area contributed by atoms with E-state index in [-0.39, 0.29) is 52.9 Å². The Bertz CT molecular complexity index is 1420. The number of aromatic nitrogens is 3. The smallest absolute Gasteiger partial charge is 0.410 e. The molecule has 39 heavy (non-hydrogen) atoms. The normalized spacial score (nSPS) is 24.4. The lowest BCUT2D eigenvalue weighted by Gasteiger charge is -2.48. The highest BCUT2D eigenvalue weighted by Crippen LogP contribution is 2.45. The number of halogens is 2. The van der Waals surface area contributed by atoms with Gasteiger partial charge in [-0.3, -0.25) is 9.62 Å². The highest BCUT2D eigenvalue weighted by molar-refractivity contribution is 7.92. The molecule has 0 aliphatic carbocycles. The number of hydrogen-bond acceptors (Lipinski definition) is 10. The Kier molecular flexibility index (Phi) is 6.95. The number of carbonyl (C=O) groups is 1. The molecule has 1 N–H and O–H groups in total. The van der Waals surface area contributed by atoms with Crippen molar-refractivity contribution < 1.29 is 27.1 Å². The van der Waals surface area contributed by atoms with Crippen LogP contribution in [0.2, 0.25) is 5.15 Å². The van der Waals surface area contributed by atoms with Crippen molar-refractivity contribution >= 4 is 50.4 Å². The van der Waals surface area contributed by atoms with E-state index in [2.05, 4.69) is 19.7 Å². The molecule has 0 unspecified atom stereocenters. The van der Waals surface area contributed by atoms with Gasteiger partial charge in [-0.15, -0.1) is 0 Å². The fourth-order valence-corrected chi connectivity index (χ4v) is 6.79. The van der Waals surface area contributed by atoms with Crippen LogP contribution in [0, 0.1) is 5.82 Å². The third-order valence-electron chi connectivity index (χ3n) is 7.11. The van der Waals surface area contributed by atoms with Gasteiger partial charge in [-0.25, -0.2) is 22.6 Å². The van der Waals surface area contributed by atoms with Crippen molar-refractivity contribution in [3.63, 3.8) is 0 Å². The summed E-state index contributed by atoms with van der Waals surface area (Å²) in [5.41, 5.74) is -0.861. The van der Waals surface area contributed by atoms with Crippen molar-refractivity contribution in [2.45, 2.75) is 70.4 Å². The number of fused-ring (bicyclic) bond motifs is 5. The fourth-order valence-electron chi connectivity index (χ4n) is 5.55. The van der Waals surface area contributed by atoms with Crippen molar-refractivity contribution in [3.05, 3.63) is 11.0 Å². The molecule has 2 fully saturated rings. The standard InChI is InChI=1S/C24H33ClFN7O5S/c1-12-18-14-8-7-13(33(14)23(34)38-24(2,3)4)11-32(18)20-15-17(16(26)19(25)28-21(15)37-12)27-22(29-20)30-39(35,36)10-9-31(5)6/h12-14,18H,7-11H2,1-6H3,(H,27,29,30)/t12-,13+,14-,18+/m0/s1. The summed E-state index contributed by atoms with van der Waals surface area (Å²) in [6.45, 7) is 7.93. The van der Waals surface area contributed by atoms with Gasteiger partial charge in [-0.05, 0) is 54.6 Å². The van der Waals surface area contributed by atoms with E-state index >= 15 is 4.39 Å². The Morgan fingerprint density at radius 2 is 1.97 bits per heavy atom. The van der Waals surface area contributed by atoms with Crippen LogP contribution in [-0.2, 0) is 14.8 Å². The summed E-state index contributed by atoms with van der Waals surface area (Å²) in [6, 6.07) is -0.873. The number of ether oxygens (including phenoxy) is 2. The summed E-state index contributed by atoms with van der Waals surface area (Å²) in [4.78, 5) is 31.6. The Morgan fingerprint density at radius 1 is 1.26 bits per heavy atom. The third-order valence-corrected chi connectivity index (χ3v) is 8.57. The maximum absolute atomic E-state index is 15.3. The predicted octanol–water partition coefficient (Wildman–Crippen LogP) is 2.86. The van der Waals surface area contributed by atoms with Crippen molar-refractivity contribution in [2.24, 2.45) is 0 Å². The van der Waals surface area contributed by atoms with Gasteiger partial charge in [0.1, 0.15) is 28.4 Å². The molecule has 2 saturated heterocycles. The highest BCUT2D eigenvalue weighted by atomic mass is 35.5. The van der Waals surface area contributed by atoms with Crippen LogP contribution in [0.25, 0.3) is 10.9 Å². The molecule has 0 saturated carbocycles. The maximum atomic E-state index is 15.3. The molecule has 0 radical (unpaired) electrons. The molecule has 5 rings (SSSR count). The minimum absolute atomic E-state index is 0.0509. The zero-order valence-electron chi connectivity index (χ0n) is 22.7. The molecule has 12 nitrogen and oxygen atoms in total. The monoisotopic (exact) mass is 585 g/mol. The second kappa shape index (κ2) is 9.73. The molecule has 2 aromatic rings. The Balaban J connectivity index is 1.60. The van der Waals surface area contributed by atoms with Gasteiger partial charge in [0.25, 0.3) is 0 Å². The van der Waals surface area contributed by atoms with Gasteiger partial charge in [0.15, 0.2) is 11.0 Å². The van der Waals surface area contributed by atoms with Gasteiger partial charge < -0.3 is 19.3 Å². The van der Waals surface area contributed by atoms with Gasteiger partial charge in [0.05, 0.1) is 23.9 Å². The summed E-state index contributed by atoms with van der Waals surface area (Å²) < 4.78 is 55.2. The van der Waals surface area contributed by atoms with E-state index in [1.54, 1.807) is 23.9 Å². The summed E-state index contributed by atoms with van der Waals surface area (Å²) in [5.74, 6) is -1.06. The average molecular weight is 586 g/mol. The topological polar surface area (TPSA) is 130 Å². The molecule has 5 heterocycles. The molecular weight excluding hydrogens is 553 g/mol. The lowest BCUT2D eigenvalue weighted by molar-refractivity contribution is 0.000955. The Labute approximate surface area is 231 Å². The van der Waals surface area contributed by atoms with Crippen LogP contribution in [0.3, 0.4) is 0 Å². The van der Waals surface area contributed by atoms with E-state index in [0.29, 0.717) is 13.0 Å². The zero-order valence-corrected chi connectivity index (χ0v) is 24.3. The SMILES string of the molecule is C[C@@H]1Oc2nc(Cl)c(F)c3nc(NS(=O)(=O)CCN(C)C)nc(c23)N2C[C@H]3CC[C@@H]([C@@H]12)N3C(=O)OC(C)(C)C. The van der Waals surface area contributed by atoms with Gasteiger partial charge in [-0.2, -0.15) is 9.97 Å². The van der Waals surface area contributed by atoms with E-state index in [1.165, 1.54) is 0 Å². The minimum atomic E-state index is -3.84. The first-order valence-corrected chi connectivity index (χ1v) is 14.8. The van der Waals surface area contributed by atoms with Crippen LogP contribution in [0.15, 0.2) is 0 Å². The number of anilines is 2. The summed E-state index contributed by atoms with van der Waals surface area (Å²) in [7, 11) is -0.325. The molecule has 2 aromatic heterocycles. The minimum Gasteiger partial charge on any atom is -0.472 e. The van der Waals surface area contributed by atoms with E-state index in [0.717, 1.165) is 6.42 Å². The second-order valence-corrected chi connectivity index (χ2v) is 13.7. The Hall–Kier alpha value is -2.71. The molecule has 0 aromatic carbocycles. The average Bonchev–Trinajstić information content (AvgIpc) is 3.06. The molecule has 0 spiro atoms. The van der Waals surface area contributed by atoms with Crippen LogP contribution in [0.4, 0.5) is 21.0 Å². The van der Waals surface area contributed by atoms with Gasteiger partial charge in [-0.1, -0.05) is 11.6 Å².